The number of carbonyl (C=O) groups excluding carboxylic acids is 1. The van der Waals surface area contributed by atoms with Crippen LogP contribution in [0.3, 0.4) is 0 Å². The van der Waals surface area contributed by atoms with Crippen molar-refractivity contribution in [1.29, 1.82) is 0 Å². The van der Waals surface area contributed by atoms with Gasteiger partial charge in [-0.25, -0.2) is 0 Å². The van der Waals surface area contributed by atoms with Gasteiger partial charge in [-0.05, 0) is 18.6 Å². The Morgan fingerprint density at radius 2 is 2.00 bits per heavy atom. The average Bonchev–Trinajstić information content (AvgIpc) is 2.55. The zero-order valence-electron chi connectivity index (χ0n) is 12.4. The molecule has 0 spiro atoms. The molecular weight excluding hydrogens is 336 g/mol. The van der Waals surface area contributed by atoms with E-state index in [4.69, 9.17) is 11.6 Å². The first-order valence-corrected chi connectivity index (χ1v) is 8.30. The molecule has 1 N–H and O–H groups in total. The number of anilines is 1. The Labute approximate surface area is 143 Å². The number of amides is 1. The van der Waals surface area contributed by atoms with E-state index < -0.39 is 4.92 Å². The van der Waals surface area contributed by atoms with E-state index in [2.05, 4.69) is 5.32 Å². The number of rotatable bonds is 6. The van der Waals surface area contributed by atoms with Crippen molar-refractivity contribution in [1.82, 2.24) is 0 Å². The molecule has 0 aromatic heterocycles. The zero-order chi connectivity index (χ0) is 16.8. The minimum absolute atomic E-state index is 0.112. The van der Waals surface area contributed by atoms with Gasteiger partial charge < -0.3 is 5.32 Å². The molecule has 120 valence electrons. The maximum absolute atomic E-state index is 12.2. The molecule has 23 heavy (non-hydrogen) atoms. The molecule has 2 aromatic rings. The van der Waals surface area contributed by atoms with Crippen LogP contribution in [0.5, 0.6) is 0 Å². The van der Waals surface area contributed by atoms with E-state index in [1.165, 1.54) is 30.0 Å². The van der Waals surface area contributed by atoms with Crippen molar-refractivity contribution in [3.63, 3.8) is 0 Å². The highest BCUT2D eigenvalue weighted by molar-refractivity contribution is 7.99. The van der Waals surface area contributed by atoms with Gasteiger partial charge in [0.25, 0.3) is 5.69 Å². The molecule has 5 nitrogen and oxygen atoms in total. The molecule has 0 radical (unpaired) electrons. The van der Waals surface area contributed by atoms with Gasteiger partial charge in [0.15, 0.2) is 0 Å². The van der Waals surface area contributed by atoms with Gasteiger partial charge >= 0.3 is 0 Å². The van der Waals surface area contributed by atoms with Crippen molar-refractivity contribution in [2.45, 2.75) is 17.9 Å². The molecule has 1 atom stereocenters. The minimum atomic E-state index is -0.532. The smallest absolute Gasteiger partial charge is 0.271 e. The maximum atomic E-state index is 12.2. The highest BCUT2D eigenvalue weighted by atomic mass is 35.5. The van der Waals surface area contributed by atoms with Crippen LogP contribution < -0.4 is 5.32 Å². The van der Waals surface area contributed by atoms with Gasteiger partial charge in [-0.3, -0.25) is 14.9 Å². The molecule has 7 heteroatoms. The lowest BCUT2D eigenvalue weighted by Gasteiger charge is -2.13. The number of nitro groups is 1. The molecule has 2 rings (SSSR count). The summed E-state index contributed by atoms with van der Waals surface area (Å²) < 4.78 is 0. The number of benzene rings is 2. The van der Waals surface area contributed by atoms with Crippen LogP contribution in [0, 0.1) is 10.1 Å². The van der Waals surface area contributed by atoms with Crippen molar-refractivity contribution >= 4 is 40.6 Å². The fourth-order valence-electron chi connectivity index (χ4n) is 1.82. The van der Waals surface area contributed by atoms with E-state index in [0.717, 1.165) is 11.3 Å². The number of halogens is 1. The Hall–Kier alpha value is -2.05. The van der Waals surface area contributed by atoms with Crippen molar-refractivity contribution < 1.29 is 9.72 Å². The van der Waals surface area contributed by atoms with E-state index in [1.807, 2.05) is 37.3 Å². The van der Waals surface area contributed by atoms with Crippen LogP contribution in [0.4, 0.5) is 11.4 Å². The molecule has 0 saturated heterocycles. The molecule has 0 saturated carbocycles. The van der Waals surface area contributed by atoms with Crippen molar-refractivity contribution in [3.05, 3.63) is 69.2 Å². The predicted molar refractivity (Wildman–Crippen MR) is 93.9 cm³/mol. The maximum Gasteiger partial charge on any atom is 0.271 e. The Balaban J connectivity index is 1.94. The first-order chi connectivity index (χ1) is 11.0. The van der Waals surface area contributed by atoms with Crippen molar-refractivity contribution in [3.8, 4) is 0 Å². The number of hydrogen-bond donors (Lipinski definition) is 1. The first-order valence-electron chi connectivity index (χ1n) is 6.87. The summed E-state index contributed by atoms with van der Waals surface area (Å²) in [5.41, 5.74) is 1.40. The van der Waals surface area contributed by atoms with Gasteiger partial charge in [0.05, 0.1) is 20.9 Å². The summed E-state index contributed by atoms with van der Waals surface area (Å²) >= 11 is 7.48. The monoisotopic (exact) mass is 350 g/mol. The lowest BCUT2D eigenvalue weighted by molar-refractivity contribution is -0.384. The van der Waals surface area contributed by atoms with Crippen LogP contribution in [-0.2, 0) is 10.5 Å². The van der Waals surface area contributed by atoms with E-state index in [0.29, 0.717) is 5.69 Å². The standard InChI is InChI=1S/C16H15ClN2O3S/c1-11(23-10-12-5-3-2-4-6-12)16(20)18-15-8-7-13(19(21)22)9-14(15)17/h2-9,11H,10H2,1H3,(H,18,20). The fraction of sp³-hybridized carbons (Fsp3) is 0.188. The summed E-state index contributed by atoms with van der Waals surface area (Å²) in [6, 6.07) is 13.8. The second-order valence-corrected chi connectivity index (χ2v) is 6.59. The quantitative estimate of drug-likeness (QED) is 0.614. The predicted octanol–water partition coefficient (Wildman–Crippen LogP) is 4.51. The highest BCUT2D eigenvalue weighted by Crippen LogP contribution is 2.27. The number of nitrogens with zero attached hydrogens (tertiary/aromatic N) is 1. The lowest BCUT2D eigenvalue weighted by Crippen LogP contribution is -2.22. The third kappa shape index (κ3) is 4.97. The molecule has 2 aromatic carbocycles. The van der Waals surface area contributed by atoms with E-state index in [1.54, 1.807) is 0 Å². The fourth-order valence-corrected chi connectivity index (χ4v) is 2.89. The molecule has 1 unspecified atom stereocenters. The minimum Gasteiger partial charge on any atom is -0.324 e. The van der Waals surface area contributed by atoms with Crippen molar-refractivity contribution in [2.24, 2.45) is 0 Å². The topological polar surface area (TPSA) is 72.2 Å². The van der Waals surface area contributed by atoms with Gasteiger partial charge in [-0.15, -0.1) is 11.8 Å². The van der Waals surface area contributed by atoms with Gasteiger partial charge in [0.1, 0.15) is 0 Å². The third-order valence-corrected chi connectivity index (χ3v) is 4.66. The molecule has 0 fully saturated rings. The number of nitro benzene ring substituents is 1. The van der Waals surface area contributed by atoms with Crippen LogP contribution in [0.1, 0.15) is 12.5 Å². The molecular formula is C16H15ClN2O3S. The molecule has 0 aliphatic heterocycles. The Kier molecular flexibility index (Phi) is 6.01. The zero-order valence-corrected chi connectivity index (χ0v) is 13.9. The van der Waals surface area contributed by atoms with Gasteiger partial charge in [0.2, 0.25) is 5.91 Å². The lowest BCUT2D eigenvalue weighted by atomic mass is 10.2. The largest absolute Gasteiger partial charge is 0.324 e. The average molecular weight is 351 g/mol. The summed E-state index contributed by atoms with van der Waals surface area (Å²) in [6.07, 6.45) is 0. The summed E-state index contributed by atoms with van der Waals surface area (Å²) in [7, 11) is 0. The third-order valence-electron chi connectivity index (χ3n) is 3.13. The van der Waals surface area contributed by atoms with E-state index in [-0.39, 0.29) is 21.9 Å². The number of carbonyl (C=O) groups is 1. The molecule has 0 aliphatic carbocycles. The highest BCUT2D eigenvalue weighted by Gasteiger charge is 2.16. The summed E-state index contributed by atoms with van der Waals surface area (Å²) in [5, 5.41) is 13.2. The van der Waals surface area contributed by atoms with Crippen LogP contribution >= 0.6 is 23.4 Å². The Morgan fingerprint density at radius 1 is 1.30 bits per heavy atom. The van der Waals surface area contributed by atoms with Gasteiger partial charge in [-0.1, -0.05) is 41.9 Å². The van der Waals surface area contributed by atoms with Crippen LogP contribution in [0.15, 0.2) is 48.5 Å². The number of thioether (sulfide) groups is 1. The molecule has 0 bridgehead atoms. The molecule has 1 amide bonds. The normalized spacial score (nSPS) is 11.7. The van der Waals surface area contributed by atoms with Gasteiger partial charge in [0, 0.05) is 17.9 Å². The number of nitrogens with one attached hydrogen (secondary N) is 1. The second kappa shape index (κ2) is 7.99. The molecule has 0 heterocycles. The van der Waals surface area contributed by atoms with Crippen molar-refractivity contribution in [2.75, 3.05) is 5.32 Å². The Morgan fingerprint density at radius 3 is 2.61 bits per heavy atom. The number of non-ortho nitro benzene ring substituents is 1. The number of hydrogen-bond acceptors (Lipinski definition) is 4. The summed E-state index contributed by atoms with van der Waals surface area (Å²) in [6.45, 7) is 1.81. The van der Waals surface area contributed by atoms with Crippen LogP contribution in [0.2, 0.25) is 5.02 Å². The first kappa shape index (κ1) is 17.3. The summed E-state index contributed by atoms with van der Waals surface area (Å²) in [5.74, 6) is 0.533. The van der Waals surface area contributed by atoms with Crippen LogP contribution in [-0.4, -0.2) is 16.1 Å². The summed E-state index contributed by atoms with van der Waals surface area (Å²) in [4.78, 5) is 22.3. The SMILES string of the molecule is CC(SCc1ccccc1)C(=O)Nc1ccc([N+](=O)[O-])cc1Cl. The van der Waals surface area contributed by atoms with E-state index >= 15 is 0 Å². The Bertz CT molecular complexity index is 710. The van der Waals surface area contributed by atoms with Gasteiger partial charge in [-0.2, -0.15) is 0 Å². The van der Waals surface area contributed by atoms with Crippen LogP contribution in [0.25, 0.3) is 0 Å². The second-order valence-electron chi connectivity index (χ2n) is 4.85. The molecule has 0 aliphatic rings. The van der Waals surface area contributed by atoms with E-state index in [9.17, 15) is 14.9 Å².